The molecule has 136 valence electrons. The van der Waals surface area contributed by atoms with Gasteiger partial charge in [-0.05, 0) is 72.1 Å². The fraction of sp³-hybridized carbons (Fsp3) is 0.136. The third-order valence-corrected chi connectivity index (χ3v) is 4.88. The van der Waals surface area contributed by atoms with Crippen LogP contribution in [0.1, 0.15) is 45.0 Å². The van der Waals surface area contributed by atoms with E-state index in [-0.39, 0.29) is 30.3 Å². The van der Waals surface area contributed by atoms with Crippen molar-refractivity contribution in [1.29, 1.82) is 0 Å². The van der Waals surface area contributed by atoms with Crippen LogP contribution in [0.25, 0.3) is 0 Å². The zero-order valence-corrected chi connectivity index (χ0v) is 16.0. The number of halogens is 2. The summed E-state index contributed by atoms with van der Waals surface area (Å²) in [7, 11) is 0. The number of benzene rings is 2. The molecule has 27 heavy (non-hydrogen) atoms. The highest BCUT2D eigenvalue weighted by Crippen LogP contribution is 2.27. The molecule has 0 unspecified atom stereocenters. The summed E-state index contributed by atoms with van der Waals surface area (Å²) in [5, 5.41) is 1.16. The second-order valence-electron chi connectivity index (χ2n) is 6.25. The van der Waals surface area contributed by atoms with Crippen molar-refractivity contribution in [2.45, 2.75) is 18.8 Å². The van der Waals surface area contributed by atoms with Crippen molar-refractivity contribution in [2.24, 2.45) is 0 Å². The Morgan fingerprint density at radius 1 is 0.704 bits per heavy atom. The summed E-state index contributed by atoms with van der Waals surface area (Å²) < 4.78 is 0. The maximum atomic E-state index is 12.7. The molecule has 2 aromatic carbocycles. The number of pyridine rings is 1. The molecule has 0 fully saturated rings. The molecule has 0 bridgehead atoms. The van der Waals surface area contributed by atoms with Gasteiger partial charge in [0.2, 0.25) is 0 Å². The first kappa shape index (κ1) is 19.3. The van der Waals surface area contributed by atoms with E-state index >= 15 is 0 Å². The third-order valence-electron chi connectivity index (χ3n) is 4.37. The number of hydrogen-bond acceptors (Lipinski definition) is 3. The average molecular weight is 398 g/mol. The summed E-state index contributed by atoms with van der Waals surface area (Å²) in [5.41, 5.74) is 2.07. The number of aromatic nitrogens is 1. The van der Waals surface area contributed by atoms with Gasteiger partial charge in [0.15, 0.2) is 11.6 Å². The van der Waals surface area contributed by atoms with Crippen molar-refractivity contribution >= 4 is 34.8 Å². The van der Waals surface area contributed by atoms with Gasteiger partial charge in [-0.25, -0.2) is 0 Å². The Labute approximate surface area is 168 Å². The van der Waals surface area contributed by atoms with Gasteiger partial charge >= 0.3 is 0 Å². The first-order valence-corrected chi connectivity index (χ1v) is 9.26. The number of ketones is 2. The minimum Gasteiger partial charge on any atom is -0.294 e. The van der Waals surface area contributed by atoms with E-state index in [1.807, 2.05) is 12.1 Å². The molecule has 3 aromatic rings. The second-order valence-corrected chi connectivity index (χ2v) is 7.12. The highest BCUT2D eigenvalue weighted by atomic mass is 35.5. The van der Waals surface area contributed by atoms with Crippen molar-refractivity contribution in [3.63, 3.8) is 0 Å². The molecule has 3 rings (SSSR count). The average Bonchev–Trinajstić information content (AvgIpc) is 2.69. The van der Waals surface area contributed by atoms with E-state index < -0.39 is 0 Å². The van der Waals surface area contributed by atoms with E-state index in [1.54, 1.807) is 60.9 Å². The van der Waals surface area contributed by atoms with Crippen LogP contribution >= 0.6 is 23.2 Å². The number of nitrogens with zero attached hydrogens (tertiary/aromatic N) is 1. The normalized spacial score (nSPS) is 10.8. The topological polar surface area (TPSA) is 47.0 Å². The number of rotatable bonds is 7. The van der Waals surface area contributed by atoms with Crippen molar-refractivity contribution in [2.75, 3.05) is 0 Å². The van der Waals surface area contributed by atoms with E-state index in [0.29, 0.717) is 21.2 Å². The molecule has 0 radical (unpaired) electrons. The predicted molar refractivity (Wildman–Crippen MR) is 108 cm³/mol. The van der Waals surface area contributed by atoms with Crippen molar-refractivity contribution in [3.8, 4) is 0 Å². The molecule has 0 N–H and O–H groups in total. The van der Waals surface area contributed by atoms with Crippen LogP contribution < -0.4 is 0 Å². The summed E-state index contributed by atoms with van der Waals surface area (Å²) in [4.78, 5) is 29.5. The van der Waals surface area contributed by atoms with Gasteiger partial charge in [0, 0.05) is 46.4 Å². The molecule has 3 nitrogen and oxygen atoms in total. The summed E-state index contributed by atoms with van der Waals surface area (Å²) in [5.74, 6) is -0.297. The Kier molecular flexibility index (Phi) is 6.38. The Morgan fingerprint density at radius 2 is 1.11 bits per heavy atom. The number of carbonyl (C=O) groups is 2. The van der Waals surface area contributed by atoms with Crippen LogP contribution in [0.4, 0.5) is 0 Å². The fourth-order valence-electron chi connectivity index (χ4n) is 2.90. The van der Waals surface area contributed by atoms with E-state index in [2.05, 4.69) is 4.98 Å². The summed E-state index contributed by atoms with van der Waals surface area (Å²) >= 11 is 11.8. The quantitative estimate of drug-likeness (QED) is 0.458. The molecule has 0 saturated heterocycles. The molecule has 0 aliphatic carbocycles. The highest BCUT2D eigenvalue weighted by molar-refractivity contribution is 6.31. The van der Waals surface area contributed by atoms with Gasteiger partial charge in [0.25, 0.3) is 0 Å². The molecule has 0 amide bonds. The van der Waals surface area contributed by atoms with E-state index in [1.165, 1.54) is 0 Å². The van der Waals surface area contributed by atoms with Gasteiger partial charge in [-0.2, -0.15) is 0 Å². The highest BCUT2D eigenvalue weighted by Gasteiger charge is 2.21. The zero-order valence-electron chi connectivity index (χ0n) is 14.4. The van der Waals surface area contributed by atoms with Crippen LogP contribution in [0.15, 0.2) is 73.1 Å². The Balaban J connectivity index is 1.81. The third kappa shape index (κ3) is 5.25. The fourth-order valence-corrected chi connectivity index (χ4v) is 3.15. The van der Waals surface area contributed by atoms with Crippen LogP contribution in [-0.4, -0.2) is 16.6 Å². The van der Waals surface area contributed by atoms with E-state index in [0.717, 1.165) is 5.56 Å². The first-order valence-electron chi connectivity index (χ1n) is 8.50. The lowest BCUT2D eigenvalue weighted by molar-refractivity contribution is 0.0944. The smallest absolute Gasteiger partial charge is 0.163 e. The van der Waals surface area contributed by atoms with Gasteiger partial charge < -0.3 is 0 Å². The molecule has 0 atom stereocenters. The van der Waals surface area contributed by atoms with Crippen LogP contribution in [0, 0.1) is 0 Å². The maximum absolute atomic E-state index is 12.7. The standard InChI is InChI=1S/C22H17Cl2NO2/c23-19-5-1-16(2-6-19)21(26)13-18(15-9-11-25-12-10-15)14-22(27)17-3-7-20(24)8-4-17/h1-12,18H,13-14H2. The van der Waals surface area contributed by atoms with Gasteiger partial charge in [0.05, 0.1) is 0 Å². The number of Topliss-reactive ketones (excluding diaryl/α,β-unsaturated/α-hetero) is 2. The summed E-state index contributed by atoms with van der Waals surface area (Å²) in [6.07, 6.45) is 3.79. The minimum atomic E-state index is -0.237. The lowest BCUT2D eigenvalue weighted by atomic mass is 9.87. The summed E-state index contributed by atoms with van der Waals surface area (Å²) in [6.45, 7) is 0. The summed E-state index contributed by atoms with van der Waals surface area (Å²) in [6, 6.07) is 17.3. The monoisotopic (exact) mass is 397 g/mol. The van der Waals surface area contributed by atoms with Crippen molar-refractivity contribution < 1.29 is 9.59 Å². The van der Waals surface area contributed by atoms with Crippen molar-refractivity contribution in [1.82, 2.24) is 4.98 Å². The van der Waals surface area contributed by atoms with E-state index in [4.69, 9.17) is 23.2 Å². The van der Waals surface area contributed by atoms with Crippen LogP contribution in [0.3, 0.4) is 0 Å². The molecule has 0 aliphatic rings. The van der Waals surface area contributed by atoms with Gasteiger partial charge in [0.1, 0.15) is 0 Å². The van der Waals surface area contributed by atoms with Gasteiger partial charge in [-0.3, -0.25) is 14.6 Å². The Hall–Kier alpha value is -2.49. The molecule has 0 spiro atoms. The first-order chi connectivity index (χ1) is 13.0. The molecule has 0 aliphatic heterocycles. The molecular weight excluding hydrogens is 381 g/mol. The number of hydrogen-bond donors (Lipinski definition) is 0. The SMILES string of the molecule is O=C(CC(CC(=O)c1ccc(Cl)cc1)c1ccncc1)c1ccc(Cl)cc1. The van der Waals surface area contributed by atoms with Gasteiger partial charge in [-0.15, -0.1) is 0 Å². The largest absolute Gasteiger partial charge is 0.294 e. The zero-order chi connectivity index (χ0) is 19.2. The van der Waals surface area contributed by atoms with Crippen LogP contribution in [0.5, 0.6) is 0 Å². The molecule has 5 heteroatoms. The second kappa shape index (κ2) is 8.94. The molecule has 0 saturated carbocycles. The van der Waals surface area contributed by atoms with Crippen molar-refractivity contribution in [3.05, 3.63) is 99.8 Å². The number of carbonyl (C=O) groups excluding carboxylic acids is 2. The van der Waals surface area contributed by atoms with E-state index in [9.17, 15) is 9.59 Å². The molecule has 1 heterocycles. The predicted octanol–water partition coefficient (Wildman–Crippen LogP) is 6.02. The Bertz CT molecular complexity index is 863. The lowest BCUT2D eigenvalue weighted by Gasteiger charge is -2.16. The minimum absolute atomic E-state index is 0.0302. The Morgan fingerprint density at radius 3 is 1.52 bits per heavy atom. The molecular formula is C22H17Cl2NO2. The maximum Gasteiger partial charge on any atom is 0.163 e. The lowest BCUT2D eigenvalue weighted by Crippen LogP contribution is -2.13. The molecule has 1 aromatic heterocycles. The van der Waals surface area contributed by atoms with Gasteiger partial charge in [-0.1, -0.05) is 23.2 Å². The van der Waals surface area contributed by atoms with Crippen LogP contribution in [0.2, 0.25) is 10.0 Å². The van der Waals surface area contributed by atoms with Crippen LogP contribution in [-0.2, 0) is 0 Å².